The SMILES string of the molecule is COCc1ccsc1C(=O)N1CCCN(Cc2ccccc2)CC1. The first-order valence-electron chi connectivity index (χ1n) is 8.39. The molecule has 0 aliphatic carbocycles. The topological polar surface area (TPSA) is 32.8 Å². The molecule has 5 heteroatoms. The summed E-state index contributed by atoms with van der Waals surface area (Å²) in [5.41, 5.74) is 2.33. The molecule has 24 heavy (non-hydrogen) atoms. The van der Waals surface area contributed by atoms with Gasteiger partial charge in [-0.15, -0.1) is 11.3 Å². The summed E-state index contributed by atoms with van der Waals surface area (Å²) in [5, 5.41) is 1.97. The molecule has 2 aromatic rings. The summed E-state index contributed by atoms with van der Waals surface area (Å²) in [4.78, 5) is 18.1. The molecule has 1 aliphatic heterocycles. The highest BCUT2D eigenvalue weighted by atomic mass is 32.1. The van der Waals surface area contributed by atoms with Crippen LogP contribution in [0, 0.1) is 0 Å². The van der Waals surface area contributed by atoms with E-state index in [9.17, 15) is 4.79 Å². The van der Waals surface area contributed by atoms with Crippen molar-refractivity contribution in [2.45, 2.75) is 19.6 Å². The van der Waals surface area contributed by atoms with Gasteiger partial charge in [0.15, 0.2) is 0 Å². The third-order valence-corrected chi connectivity index (χ3v) is 5.31. The molecule has 0 spiro atoms. The van der Waals surface area contributed by atoms with Crippen LogP contribution < -0.4 is 0 Å². The maximum atomic E-state index is 12.8. The molecule has 4 nitrogen and oxygen atoms in total. The number of carbonyl (C=O) groups excluding carboxylic acids is 1. The third-order valence-electron chi connectivity index (χ3n) is 4.37. The second-order valence-electron chi connectivity index (χ2n) is 6.12. The van der Waals surface area contributed by atoms with Gasteiger partial charge in [-0.05, 0) is 23.4 Å². The zero-order chi connectivity index (χ0) is 16.8. The average molecular weight is 344 g/mol. The molecular formula is C19H24N2O2S. The molecule has 1 fully saturated rings. The number of nitrogens with zero attached hydrogens (tertiary/aromatic N) is 2. The van der Waals surface area contributed by atoms with Crippen molar-refractivity contribution in [1.29, 1.82) is 0 Å². The van der Waals surface area contributed by atoms with Crippen molar-refractivity contribution in [1.82, 2.24) is 9.80 Å². The Hall–Kier alpha value is -1.69. The van der Waals surface area contributed by atoms with Crippen molar-refractivity contribution < 1.29 is 9.53 Å². The van der Waals surface area contributed by atoms with E-state index in [0.717, 1.165) is 49.6 Å². The van der Waals surface area contributed by atoms with E-state index in [-0.39, 0.29) is 5.91 Å². The minimum absolute atomic E-state index is 0.151. The number of hydrogen-bond acceptors (Lipinski definition) is 4. The molecule has 3 rings (SSSR count). The number of ether oxygens (including phenoxy) is 1. The zero-order valence-electron chi connectivity index (χ0n) is 14.1. The van der Waals surface area contributed by atoms with E-state index in [2.05, 4.69) is 29.2 Å². The molecule has 1 aromatic heterocycles. The van der Waals surface area contributed by atoms with Crippen molar-refractivity contribution in [2.75, 3.05) is 33.3 Å². The minimum Gasteiger partial charge on any atom is -0.380 e. The number of benzene rings is 1. The number of hydrogen-bond donors (Lipinski definition) is 0. The maximum Gasteiger partial charge on any atom is 0.264 e. The molecule has 0 saturated carbocycles. The number of carbonyl (C=O) groups is 1. The predicted molar refractivity (Wildman–Crippen MR) is 97.3 cm³/mol. The Labute approximate surface area is 147 Å². The molecule has 1 amide bonds. The average Bonchev–Trinajstić information content (AvgIpc) is 2.94. The number of amides is 1. The number of rotatable bonds is 5. The van der Waals surface area contributed by atoms with Crippen molar-refractivity contribution in [3.8, 4) is 0 Å². The van der Waals surface area contributed by atoms with Crippen LogP contribution in [0.2, 0.25) is 0 Å². The standard InChI is InChI=1S/C19H24N2O2S/c1-23-15-17-8-13-24-18(17)19(22)21-10-5-9-20(11-12-21)14-16-6-3-2-4-7-16/h2-4,6-8,13H,5,9-12,14-15H2,1H3. The lowest BCUT2D eigenvalue weighted by Gasteiger charge is -2.22. The maximum absolute atomic E-state index is 12.8. The lowest BCUT2D eigenvalue weighted by Crippen LogP contribution is -2.35. The summed E-state index contributed by atoms with van der Waals surface area (Å²) in [6, 6.07) is 12.5. The Morgan fingerprint density at radius 1 is 1.12 bits per heavy atom. The zero-order valence-corrected chi connectivity index (χ0v) is 14.9. The fourth-order valence-electron chi connectivity index (χ4n) is 3.11. The molecule has 0 unspecified atom stereocenters. The molecule has 2 heterocycles. The van der Waals surface area contributed by atoms with Crippen LogP contribution in [0.1, 0.15) is 27.2 Å². The highest BCUT2D eigenvalue weighted by molar-refractivity contribution is 7.12. The van der Waals surface area contributed by atoms with Crippen LogP contribution in [-0.2, 0) is 17.9 Å². The van der Waals surface area contributed by atoms with Gasteiger partial charge in [-0.25, -0.2) is 0 Å². The summed E-state index contributed by atoms with van der Waals surface area (Å²) in [5.74, 6) is 0.151. The monoisotopic (exact) mass is 344 g/mol. The predicted octanol–water partition coefficient (Wildman–Crippen LogP) is 3.24. The van der Waals surface area contributed by atoms with Crippen LogP contribution in [0.15, 0.2) is 41.8 Å². The first-order valence-corrected chi connectivity index (χ1v) is 9.27. The summed E-state index contributed by atoms with van der Waals surface area (Å²) >= 11 is 1.52. The molecule has 0 radical (unpaired) electrons. The third kappa shape index (κ3) is 4.23. The molecule has 0 atom stereocenters. The van der Waals surface area contributed by atoms with Crippen molar-refractivity contribution >= 4 is 17.2 Å². The van der Waals surface area contributed by atoms with E-state index in [1.807, 2.05) is 22.4 Å². The van der Waals surface area contributed by atoms with Crippen molar-refractivity contribution in [2.24, 2.45) is 0 Å². The van der Waals surface area contributed by atoms with Crippen LogP contribution in [0.25, 0.3) is 0 Å². The molecular weight excluding hydrogens is 320 g/mol. The van der Waals surface area contributed by atoms with Crippen LogP contribution in [0.5, 0.6) is 0 Å². The molecule has 1 aliphatic rings. The van der Waals surface area contributed by atoms with Gasteiger partial charge in [0, 0.05) is 45.4 Å². The summed E-state index contributed by atoms with van der Waals surface area (Å²) in [7, 11) is 1.67. The highest BCUT2D eigenvalue weighted by Gasteiger charge is 2.23. The van der Waals surface area contributed by atoms with E-state index in [1.54, 1.807) is 7.11 Å². The summed E-state index contributed by atoms with van der Waals surface area (Å²) in [6.45, 7) is 5.03. The minimum atomic E-state index is 0.151. The normalized spacial score (nSPS) is 16.1. The molecule has 1 saturated heterocycles. The summed E-state index contributed by atoms with van der Waals surface area (Å²) < 4.78 is 5.20. The number of methoxy groups -OCH3 is 1. The molecule has 0 N–H and O–H groups in total. The van der Waals surface area contributed by atoms with Crippen molar-refractivity contribution in [3.63, 3.8) is 0 Å². The Bertz CT molecular complexity index is 656. The second-order valence-corrected chi connectivity index (χ2v) is 7.03. The van der Waals surface area contributed by atoms with Gasteiger partial charge >= 0.3 is 0 Å². The second kappa shape index (κ2) is 8.42. The van der Waals surface area contributed by atoms with Gasteiger partial charge in [-0.3, -0.25) is 9.69 Å². The fraction of sp³-hybridized carbons (Fsp3) is 0.421. The van der Waals surface area contributed by atoms with Crippen LogP contribution in [-0.4, -0.2) is 49.0 Å². The molecule has 128 valence electrons. The Morgan fingerprint density at radius 2 is 1.96 bits per heavy atom. The van der Waals surface area contributed by atoms with E-state index >= 15 is 0 Å². The van der Waals surface area contributed by atoms with Crippen LogP contribution in [0.4, 0.5) is 0 Å². The Morgan fingerprint density at radius 3 is 2.75 bits per heavy atom. The Balaban J connectivity index is 1.60. The lowest BCUT2D eigenvalue weighted by molar-refractivity contribution is 0.0761. The highest BCUT2D eigenvalue weighted by Crippen LogP contribution is 2.21. The van der Waals surface area contributed by atoms with E-state index in [4.69, 9.17) is 4.74 Å². The van der Waals surface area contributed by atoms with E-state index in [1.165, 1.54) is 16.9 Å². The first-order chi connectivity index (χ1) is 11.8. The largest absolute Gasteiger partial charge is 0.380 e. The van der Waals surface area contributed by atoms with E-state index < -0.39 is 0 Å². The van der Waals surface area contributed by atoms with Crippen molar-refractivity contribution in [3.05, 3.63) is 57.8 Å². The molecule has 1 aromatic carbocycles. The number of thiophene rings is 1. The van der Waals surface area contributed by atoms with Gasteiger partial charge < -0.3 is 9.64 Å². The Kier molecular flexibility index (Phi) is 6.01. The van der Waals surface area contributed by atoms with Gasteiger partial charge in [0.1, 0.15) is 0 Å². The molecule has 0 bridgehead atoms. The van der Waals surface area contributed by atoms with E-state index in [0.29, 0.717) is 6.61 Å². The van der Waals surface area contributed by atoms with Gasteiger partial charge in [0.05, 0.1) is 11.5 Å². The van der Waals surface area contributed by atoms with Gasteiger partial charge in [-0.2, -0.15) is 0 Å². The van der Waals surface area contributed by atoms with Gasteiger partial charge in [0.25, 0.3) is 5.91 Å². The first kappa shape index (κ1) is 17.1. The fourth-order valence-corrected chi connectivity index (χ4v) is 3.99. The van der Waals surface area contributed by atoms with Gasteiger partial charge in [0.2, 0.25) is 0 Å². The quantitative estimate of drug-likeness (QED) is 0.835. The summed E-state index contributed by atoms with van der Waals surface area (Å²) in [6.07, 6.45) is 1.02. The lowest BCUT2D eigenvalue weighted by atomic mass is 10.2. The van der Waals surface area contributed by atoms with Crippen LogP contribution in [0.3, 0.4) is 0 Å². The van der Waals surface area contributed by atoms with Gasteiger partial charge in [-0.1, -0.05) is 30.3 Å². The smallest absolute Gasteiger partial charge is 0.264 e. The van der Waals surface area contributed by atoms with Crippen LogP contribution >= 0.6 is 11.3 Å².